The van der Waals surface area contributed by atoms with Gasteiger partial charge in [0.2, 0.25) is 5.91 Å². The number of hydrogen-bond donors (Lipinski definition) is 0. The molecular weight excluding hydrogens is 322 g/mol. The lowest BCUT2D eigenvalue weighted by molar-refractivity contribution is -0.136. The molecule has 3 rings (SSSR count). The summed E-state index contributed by atoms with van der Waals surface area (Å²) in [6.07, 6.45) is 1.78. The third kappa shape index (κ3) is 4.79. The molecule has 0 saturated carbocycles. The molecule has 2 aliphatic heterocycles. The molecule has 6 heteroatoms. The third-order valence-corrected chi connectivity index (χ3v) is 5.81. The molecule has 0 bridgehead atoms. The van der Waals surface area contributed by atoms with Gasteiger partial charge in [0.25, 0.3) is 0 Å². The molecule has 0 aromatic carbocycles. The Balaban J connectivity index is 1.51. The highest BCUT2D eigenvalue weighted by Gasteiger charge is 2.34. The van der Waals surface area contributed by atoms with E-state index < -0.39 is 0 Å². The highest BCUT2D eigenvalue weighted by molar-refractivity contribution is 7.07. The van der Waals surface area contributed by atoms with Crippen LogP contribution in [0.1, 0.15) is 12.0 Å². The standard InChI is InChI=1S/C18H29N3O2S/c1-19(2)6-7-20-8-9-23-17-13-21(5-3-16(17)12-20)18(22)11-15-4-10-24-14-15/h4,10,14,16-17H,3,5-9,11-13H2,1-2H3/t16-,17-/m0/s1. The van der Waals surface area contributed by atoms with E-state index in [1.807, 2.05) is 16.3 Å². The van der Waals surface area contributed by atoms with Gasteiger partial charge in [0.15, 0.2) is 0 Å². The van der Waals surface area contributed by atoms with Crippen molar-refractivity contribution in [2.24, 2.45) is 5.92 Å². The molecule has 0 aliphatic carbocycles. The third-order valence-electron chi connectivity index (χ3n) is 5.08. The quantitative estimate of drug-likeness (QED) is 0.803. The molecule has 0 radical (unpaired) electrons. The predicted octanol–water partition coefficient (Wildman–Crippen LogP) is 1.40. The van der Waals surface area contributed by atoms with E-state index in [2.05, 4.69) is 29.3 Å². The molecule has 2 saturated heterocycles. The molecule has 0 spiro atoms. The van der Waals surface area contributed by atoms with Crippen LogP contribution in [0.3, 0.4) is 0 Å². The van der Waals surface area contributed by atoms with Gasteiger partial charge in [-0.2, -0.15) is 11.3 Å². The summed E-state index contributed by atoms with van der Waals surface area (Å²) in [6.45, 7) is 6.70. The topological polar surface area (TPSA) is 36.0 Å². The van der Waals surface area contributed by atoms with Crippen LogP contribution >= 0.6 is 11.3 Å². The first-order chi connectivity index (χ1) is 11.6. The van der Waals surface area contributed by atoms with Gasteiger partial charge in [0, 0.05) is 45.2 Å². The maximum absolute atomic E-state index is 12.5. The van der Waals surface area contributed by atoms with Crippen molar-refractivity contribution in [2.75, 3.05) is 60.0 Å². The number of carbonyl (C=O) groups excluding carboxylic acids is 1. The molecule has 5 nitrogen and oxygen atoms in total. The van der Waals surface area contributed by atoms with Crippen LogP contribution in [0.5, 0.6) is 0 Å². The van der Waals surface area contributed by atoms with Gasteiger partial charge in [-0.25, -0.2) is 0 Å². The van der Waals surface area contributed by atoms with E-state index in [1.54, 1.807) is 11.3 Å². The molecule has 0 N–H and O–H groups in total. The minimum Gasteiger partial charge on any atom is -0.375 e. The van der Waals surface area contributed by atoms with Crippen molar-refractivity contribution in [2.45, 2.75) is 18.9 Å². The van der Waals surface area contributed by atoms with Crippen molar-refractivity contribution < 1.29 is 9.53 Å². The fraction of sp³-hybridized carbons (Fsp3) is 0.722. The van der Waals surface area contributed by atoms with Crippen molar-refractivity contribution in [3.8, 4) is 0 Å². The number of fused-ring (bicyclic) bond motifs is 1. The average Bonchev–Trinajstić information content (AvgIpc) is 2.97. The molecule has 24 heavy (non-hydrogen) atoms. The van der Waals surface area contributed by atoms with Crippen LogP contribution in [0.2, 0.25) is 0 Å². The van der Waals surface area contributed by atoms with Crippen LogP contribution in [0, 0.1) is 5.92 Å². The van der Waals surface area contributed by atoms with E-state index in [1.165, 1.54) is 0 Å². The van der Waals surface area contributed by atoms with Gasteiger partial charge in [-0.15, -0.1) is 0 Å². The summed E-state index contributed by atoms with van der Waals surface area (Å²) < 4.78 is 6.11. The Morgan fingerprint density at radius 2 is 2.25 bits per heavy atom. The van der Waals surface area contributed by atoms with E-state index in [-0.39, 0.29) is 12.0 Å². The van der Waals surface area contributed by atoms with E-state index in [0.29, 0.717) is 12.3 Å². The van der Waals surface area contributed by atoms with Crippen LogP contribution in [-0.4, -0.2) is 86.7 Å². The number of rotatable bonds is 5. The molecule has 0 unspecified atom stereocenters. The minimum absolute atomic E-state index is 0.203. The van der Waals surface area contributed by atoms with Crippen molar-refractivity contribution in [3.05, 3.63) is 22.4 Å². The minimum atomic E-state index is 0.203. The zero-order valence-electron chi connectivity index (χ0n) is 14.8. The molecule has 1 aromatic rings. The zero-order chi connectivity index (χ0) is 16.9. The number of amides is 1. The average molecular weight is 352 g/mol. The van der Waals surface area contributed by atoms with Gasteiger partial charge in [0.05, 0.1) is 19.1 Å². The SMILES string of the molecule is CN(C)CCN1CCO[C@H]2CN(C(=O)Cc3ccsc3)CC[C@H]2C1. The Labute approximate surface area is 149 Å². The van der Waals surface area contributed by atoms with Gasteiger partial charge < -0.3 is 14.5 Å². The Kier molecular flexibility index (Phi) is 6.27. The van der Waals surface area contributed by atoms with Gasteiger partial charge in [-0.1, -0.05) is 0 Å². The van der Waals surface area contributed by atoms with Gasteiger partial charge in [-0.05, 0) is 42.9 Å². The Morgan fingerprint density at radius 3 is 3.00 bits per heavy atom. The highest BCUT2D eigenvalue weighted by Crippen LogP contribution is 2.24. The maximum atomic E-state index is 12.5. The number of piperidine rings is 1. The maximum Gasteiger partial charge on any atom is 0.227 e. The van der Waals surface area contributed by atoms with E-state index in [4.69, 9.17) is 4.74 Å². The van der Waals surface area contributed by atoms with E-state index >= 15 is 0 Å². The zero-order valence-corrected chi connectivity index (χ0v) is 15.6. The number of nitrogens with zero attached hydrogens (tertiary/aromatic N) is 3. The van der Waals surface area contributed by atoms with E-state index in [0.717, 1.165) is 57.9 Å². The Bertz CT molecular complexity index is 520. The molecule has 2 atom stereocenters. The molecule has 2 aliphatic rings. The second-order valence-corrected chi connectivity index (χ2v) is 7.99. The number of hydrogen-bond acceptors (Lipinski definition) is 5. The normalized spacial score (nSPS) is 25.5. The summed E-state index contributed by atoms with van der Waals surface area (Å²) in [4.78, 5) is 19.3. The van der Waals surface area contributed by atoms with Gasteiger partial charge >= 0.3 is 0 Å². The van der Waals surface area contributed by atoms with Crippen LogP contribution in [0.15, 0.2) is 16.8 Å². The fourth-order valence-corrected chi connectivity index (χ4v) is 4.24. The summed E-state index contributed by atoms with van der Waals surface area (Å²) >= 11 is 1.65. The summed E-state index contributed by atoms with van der Waals surface area (Å²) in [5.41, 5.74) is 1.13. The number of carbonyl (C=O) groups is 1. The van der Waals surface area contributed by atoms with Crippen LogP contribution in [0.4, 0.5) is 0 Å². The second kappa shape index (κ2) is 8.43. The smallest absolute Gasteiger partial charge is 0.227 e. The molecule has 2 fully saturated rings. The first kappa shape index (κ1) is 17.9. The van der Waals surface area contributed by atoms with Crippen LogP contribution in [-0.2, 0) is 16.0 Å². The first-order valence-corrected chi connectivity index (χ1v) is 9.83. The summed E-state index contributed by atoms with van der Waals surface area (Å²) in [5, 5.41) is 4.10. The monoisotopic (exact) mass is 351 g/mol. The van der Waals surface area contributed by atoms with Gasteiger partial charge in [-0.3, -0.25) is 9.69 Å². The number of ether oxygens (including phenoxy) is 1. The van der Waals surface area contributed by atoms with Crippen molar-refractivity contribution in [1.29, 1.82) is 0 Å². The fourth-order valence-electron chi connectivity index (χ4n) is 3.57. The Morgan fingerprint density at radius 1 is 1.38 bits per heavy atom. The number of likely N-dealkylation sites (N-methyl/N-ethyl adjacent to an activating group) is 1. The largest absolute Gasteiger partial charge is 0.375 e. The summed E-state index contributed by atoms with van der Waals surface area (Å²) in [7, 11) is 4.24. The second-order valence-electron chi connectivity index (χ2n) is 7.21. The lowest BCUT2D eigenvalue weighted by Gasteiger charge is -2.38. The van der Waals surface area contributed by atoms with Crippen LogP contribution < -0.4 is 0 Å². The molecule has 1 amide bonds. The molecule has 3 heterocycles. The Hall–Kier alpha value is -0.950. The predicted molar refractivity (Wildman–Crippen MR) is 97.4 cm³/mol. The first-order valence-electron chi connectivity index (χ1n) is 8.89. The van der Waals surface area contributed by atoms with Crippen LogP contribution in [0.25, 0.3) is 0 Å². The number of thiophene rings is 1. The molecule has 1 aromatic heterocycles. The molecular formula is C18H29N3O2S. The number of likely N-dealkylation sites (tertiary alicyclic amines) is 1. The lowest BCUT2D eigenvalue weighted by Crippen LogP contribution is -2.49. The summed E-state index contributed by atoms with van der Waals surface area (Å²) in [5.74, 6) is 0.795. The lowest BCUT2D eigenvalue weighted by atomic mass is 9.93. The van der Waals surface area contributed by atoms with Crippen molar-refractivity contribution >= 4 is 17.2 Å². The summed E-state index contributed by atoms with van der Waals surface area (Å²) in [6, 6.07) is 2.04. The molecule has 134 valence electrons. The van der Waals surface area contributed by atoms with Crippen molar-refractivity contribution in [1.82, 2.24) is 14.7 Å². The van der Waals surface area contributed by atoms with E-state index in [9.17, 15) is 4.79 Å². The van der Waals surface area contributed by atoms with Gasteiger partial charge in [0.1, 0.15) is 0 Å². The van der Waals surface area contributed by atoms with Crippen molar-refractivity contribution in [3.63, 3.8) is 0 Å². The highest BCUT2D eigenvalue weighted by atomic mass is 32.1.